The summed E-state index contributed by atoms with van der Waals surface area (Å²) in [5, 5.41) is 20.9. The molecule has 7 nitrogen and oxygen atoms in total. The standard InChI is InChI=1S/C10H7F3N2O5/c1-4-6(14-9(18)10(11,12)13)2-5(8(16)17)3-7(4)15(19)20/h2-3H,1H3,(H,14,18)(H,16,17). The van der Waals surface area contributed by atoms with Crippen molar-refractivity contribution in [1.82, 2.24) is 0 Å². The second kappa shape index (κ2) is 5.15. The van der Waals surface area contributed by atoms with Crippen molar-refractivity contribution in [3.63, 3.8) is 0 Å². The van der Waals surface area contributed by atoms with Crippen molar-refractivity contribution in [2.45, 2.75) is 13.1 Å². The second-order valence-electron chi connectivity index (χ2n) is 3.68. The molecule has 2 N–H and O–H groups in total. The highest BCUT2D eigenvalue weighted by Gasteiger charge is 2.39. The molecule has 20 heavy (non-hydrogen) atoms. The molecule has 0 spiro atoms. The molecule has 0 fully saturated rings. The number of carboxylic acids is 1. The fourth-order valence-electron chi connectivity index (χ4n) is 1.34. The Kier molecular flexibility index (Phi) is 3.97. The Labute approximate surface area is 109 Å². The van der Waals surface area contributed by atoms with Gasteiger partial charge in [-0.05, 0) is 13.0 Å². The molecule has 10 heteroatoms. The van der Waals surface area contributed by atoms with Crippen molar-refractivity contribution < 1.29 is 32.8 Å². The zero-order chi connectivity index (χ0) is 15.7. The maximum absolute atomic E-state index is 12.1. The van der Waals surface area contributed by atoms with Crippen molar-refractivity contribution >= 4 is 23.3 Å². The molecule has 0 aliphatic rings. The molecule has 0 saturated carbocycles. The maximum Gasteiger partial charge on any atom is 0.471 e. The molecular weight excluding hydrogens is 285 g/mol. The van der Waals surface area contributed by atoms with E-state index in [1.165, 1.54) is 5.32 Å². The summed E-state index contributed by atoms with van der Waals surface area (Å²) in [5.74, 6) is -3.92. The van der Waals surface area contributed by atoms with Crippen LogP contribution in [0.15, 0.2) is 12.1 Å². The van der Waals surface area contributed by atoms with E-state index in [0.29, 0.717) is 12.1 Å². The van der Waals surface area contributed by atoms with E-state index in [1.807, 2.05) is 0 Å². The number of hydrogen-bond donors (Lipinski definition) is 2. The molecule has 0 aliphatic heterocycles. The minimum absolute atomic E-state index is 0.280. The number of rotatable bonds is 3. The van der Waals surface area contributed by atoms with Crippen molar-refractivity contribution in [2.24, 2.45) is 0 Å². The van der Waals surface area contributed by atoms with Gasteiger partial charge in [0.25, 0.3) is 5.69 Å². The normalized spacial score (nSPS) is 11.0. The SMILES string of the molecule is Cc1c(NC(=O)C(F)(F)F)cc(C(=O)O)cc1[N+](=O)[O-]. The molecule has 1 amide bonds. The Morgan fingerprint density at radius 2 is 1.90 bits per heavy atom. The number of carbonyl (C=O) groups is 2. The van der Waals surface area contributed by atoms with E-state index in [2.05, 4.69) is 0 Å². The number of hydrogen-bond acceptors (Lipinski definition) is 4. The van der Waals surface area contributed by atoms with Crippen LogP contribution in [0.2, 0.25) is 0 Å². The van der Waals surface area contributed by atoms with E-state index in [1.54, 1.807) is 0 Å². The predicted molar refractivity (Wildman–Crippen MR) is 59.5 cm³/mol. The van der Waals surface area contributed by atoms with Gasteiger partial charge in [-0.15, -0.1) is 0 Å². The van der Waals surface area contributed by atoms with Crippen LogP contribution in [0.25, 0.3) is 0 Å². The van der Waals surface area contributed by atoms with E-state index >= 15 is 0 Å². The first-order chi connectivity index (χ1) is 9.04. The number of anilines is 1. The van der Waals surface area contributed by atoms with Gasteiger partial charge in [-0.1, -0.05) is 0 Å². The number of nitrogens with zero attached hydrogens (tertiary/aromatic N) is 1. The van der Waals surface area contributed by atoms with Crippen LogP contribution in [-0.2, 0) is 4.79 Å². The number of aromatic carboxylic acids is 1. The van der Waals surface area contributed by atoms with Gasteiger partial charge < -0.3 is 10.4 Å². The lowest BCUT2D eigenvalue weighted by Gasteiger charge is -2.11. The summed E-state index contributed by atoms with van der Waals surface area (Å²) in [6.45, 7) is 1.09. The number of carboxylic acid groups (broad SMARTS) is 1. The van der Waals surface area contributed by atoms with Crippen LogP contribution in [0, 0.1) is 17.0 Å². The van der Waals surface area contributed by atoms with Crippen molar-refractivity contribution in [3.8, 4) is 0 Å². The number of alkyl halides is 3. The molecule has 0 unspecified atom stereocenters. The average Bonchev–Trinajstić information content (AvgIpc) is 2.29. The number of carbonyl (C=O) groups excluding carboxylic acids is 1. The highest BCUT2D eigenvalue weighted by atomic mass is 19.4. The molecule has 0 bridgehead atoms. The monoisotopic (exact) mass is 292 g/mol. The van der Waals surface area contributed by atoms with Gasteiger partial charge in [0.2, 0.25) is 0 Å². The summed E-state index contributed by atoms with van der Waals surface area (Å²) in [6, 6.07) is 1.41. The molecule has 1 rings (SSSR count). The van der Waals surface area contributed by atoms with Crippen LogP contribution in [-0.4, -0.2) is 28.1 Å². The van der Waals surface area contributed by atoms with E-state index in [0.717, 1.165) is 6.92 Å². The number of nitro groups is 1. The van der Waals surface area contributed by atoms with Crippen molar-refractivity contribution in [1.29, 1.82) is 0 Å². The third-order valence-electron chi connectivity index (χ3n) is 2.33. The Morgan fingerprint density at radius 3 is 2.30 bits per heavy atom. The van der Waals surface area contributed by atoms with Crippen LogP contribution in [0.3, 0.4) is 0 Å². The van der Waals surface area contributed by atoms with E-state index in [4.69, 9.17) is 5.11 Å². The van der Waals surface area contributed by atoms with E-state index < -0.39 is 39.9 Å². The van der Waals surface area contributed by atoms with Crippen LogP contribution < -0.4 is 5.32 Å². The van der Waals surface area contributed by atoms with Gasteiger partial charge in [-0.25, -0.2) is 4.79 Å². The molecule has 0 radical (unpaired) electrons. The topological polar surface area (TPSA) is 110 Å². The van der Waals surface area contributed by atoms with Gasteiger partial charge in [0.15, 0.2) is 0 Å². The maximum atomic E-state index is 12.1. The van der Waals surface area contributed by atoms with Gasteiger partial charge in [0.1, 0.15) is 0 Å². The van der Waals surface area contributed by atoms with Crippen LogP contribution in [0.1, 0.15) is 15.9 Å². The summed E-state index contributed by atoms with van der Waals surface area (Å²) in [7, 11) is 0. The number of nitrogens with one attached hydrogen (secondary N) is 1. The zero-order valence-electron chi connectivity index (χ0n) is 9.82. The second-order valence-corrected chi connectivity index (χ2v) is 3.68. The minimum Gasteiger partial charge on any atom is -0.478 e. The zero-order valence-corrected chi connectivity index (χ0v) is 9.82. The molecule has 108 valence electrons. The van der Waals surface area contributed by atoms with Crippen molar-refractivity contribution in [3.05, 3.63) is 33.4 Å². The molecule has 0 saturated heterocycles. The fraction of sp³-hybridized carbons (Fsp3) is 0.200. The number of amides is 1. The fourth-order valence-corrected chi connectivity index (χ4v) is 1.34. The predicted octanol–water partition coefficient (Wildman–Crippen LogP) is 2.10. The quantitative estimate of drug-likeness (QED) is 0.655. The third-order valence-corrected chi connectivity index (χ3v) is 2.33. The Morgan fingerprint density at radius 1 is 1.35 bits per heavy atom. The largest absolute Gasteiger partial charge is 0.478 e. The summed E-state index contributed by atoms with van der Waals surface area (Å²) >= 11 is 0. The van der Waals surface area contributed by atoms with Crippen LogP contribution in [0.5, 0.6) is 0 Å². The molecule has 1 aromatic rings. The molecule has 0 heterocycles. The van der Waals surface area contributed by atoms with E-state index in [-0.39, 0.29) is 5.56 Å². The first-order valence-corrected chi connectivity index (χ1v) is 4.94. The molecule has 0 aliphatic carbocycles. The van der Waals surface area contributed by atoms with Gasteiger partial charge in [-0.2, -0.15) is 13.2 Å². The van der Waals surface area contributed by atoms with Gasteiger partial charge in [0.05, 0.1) is 21.7 Å². The smallest absolute Gasteiger partial charge is 0.471 e. The summed E-state index contributed by atoms with van der Waals surface area (Å²) < 4.78 is 36.4. The van der Waals surface area contributed by atoms with E-state index in [9.17, 15) is 32.9 Å². The lowest BCUT2D eigenvalue weighted by atomic mass is 10.1. The number of halogens is 3. The van der Waals surface area contributed by atoms with Gasteiger partial charge >= 0.3 is 18.1 Å². The van der Waals surface area contributed by atoms with Crippen LogP contribution in [0.4, 0.5) is 24.5 Å². The lowest BCUT2D eigenvalue weighted by molar-refractivity contribution is -0.385. The molecule has 0 aromatic heterocycles. The molecule has 0 atom stereocenters. The summed E-state index contributed by atoms with van der Waals surface area (Å²) in [4.78, 5) is 31.3. The lowest BCUT2D eigenvalue weighted by Crippen LogP contribution is -2.30. The van der Waals surface area contributed by atoms with Crippen LogP contribution >= 0.6 is 0 Å². The summed E-state index contributed by atoms with van der Waals surface area (Å²) in [6.07, 6.45) is -5.19. The first kappa shape index (κ1) is 15.4. The Balaban J connectivity index is 3.35. The van der Waals surface area contributed by atoms with Crippen molar-refractivity contribution in [2.75, 3.05) is 5.32 Å². The third kappa shape index (κ3) is 3.22. The number of nitro benzene ring substituents is 1. The average molecular weight is 292 g/mol. The van der Waals surface area contributed by atoms with Gasteiger partial charge in [0, 0.05) is 6.07 Å². The molecule has 1 aromatic carbocycles. The Bertz CT molecular complexity index is 597. The van der Waals surface area contributed by atoms with Gasteiger partial charge in [-0.3, -0.25) is 14.9 Å². The first-order valence-electron chi connectivity index (χ1n) is 4.94. The number of benzene rings is 1. The molecular formula is C10H7F3N2O5. The summed E-state index contributed by atoms with van der Waals surface area (Å²) in [5.41, 5.74) is -2.18. The Hall–Kier alpha value is -2.65. The highest BCUT2D eigenvalue weighted by molar-refractivity contribution is 5.98. The minimum atomic E-state index is -5.19. The highest BCUT2D eigenvalue weighted by Crippen LogP contribution is 2.29.